The third-order valence-corrected chi connectivity index (χ3v) is 3.10. The predicted molar refractivity (Wildman–Crippen MR) is 59.0 cm³/mol. The number of rotatable bonds is 1. The molecule has 1 saturated heterocycles. The molecule has 2 heterocycles. The Bertz CT molecular complexity index is 381. The molecule has 80 valence electrons. The average molecular weight is 225 g/mol. The number of aromatic nitrogens is 1. The van der Waals surface area contributed by atoms with Crippen LogP contribution in [0.2, 0.25) is 5.15 Å². The van der Waals surface area contributed by atoms with Gasteiger partial charge in [-0.2, -0.15) is 0 Å². The summed E-state index contributed by atoms with van der Waals surface area (Å²) in [6.45, 7) is 2.89. The van der Waals surface area contributed by atoms with E-state index in [9.17, 15) is 4.79 Å². The van der Waals surface area contributed by atoms with E-state index in [1.54, 1.807) is 18.3 Å². The maximum atomic E-state index is 12.1. The maximum Gasteiger partial charge on any atom is 0.257 e. The Kier molecular flexibility index (Phi) is 2.91. The quantitative estimate of drug-likeness (QED) is 0.687. The molecule has 0 aromatic carbocycles. The van der Waals surface area contributed by atoms with E-state index >= 15 is 0 Å². The summed E-state index contributed by atoms with van der Waals surface area (Å²) in [4.78, 5) is 17.9. The van der Waals surface area contributed by atoms with Crippen LogP contribution >= 0.6 is 11.6 Å². The van der Waals surface area contributed by atoms with Gasteiger partial charge in [0.05, 0.1) is 5.56 Å². The number of hydrogen-bond acceptors (Lipinski definition) is 2. The number of likely N-dealkylation sites (tertiary alicyclic amines) is 1. The first-order valence-corrected chi connectivity index (χ1v) is 5.49. The van der Waals surface area contributed by atoms with Gasteiger partial charge in [-0.05, 0) is 31.9 Å². The molecule has 1 atom stereocenters. The van der Waals surface area contributed by atoms with Gasteiger partial charge in [-0.3, -0.25) is 4.79 Å². The fourth-order valence-electron chi connectivity index (χ4n) is 1.94. The fourth-order valence-corrected chi connectivity index (χ4v) is 2.14. The molecule has 1 aromatic rings. The lowest BCUT2D eigenvalue weighted by molar-refractivity contribution is 0.0747. The molecule has 1 aromatic heterocycles. The van der Waals surface area contributed by atoms with E-state index in [1.807, 2.05) is 4.90 Å². The largest absolute Gasteiger partial charge is 0.336 e. The van der Waals surface area contributed by atoms with Crippen LogP contribution in [0, 0.1) is 0 Å². The molecule has 0 aliphatic carbocycles. The number of carbonyl (C=O) groups is 1. The van der Waals surface area contributed by atoms with Gasteiger partial charge >= 0.3 is 0 Å². The number of amides is 1. The van der Waals surface area contributed by atoms with Gasteiger partial charge < -0.3 is 4.90 Å². The van der Waals surface area contributed by atoms with E-state index in [0.717, 1.165) is 19.4 Å². The van der Waals surface area contributed by atoms with Crippen molar-refractivity contribution in [3.05, 3.63) is 29.0 Å². The van der Waals surface area contributed by atoms with E-state index in [1.165, 1.54) is 0 Å². The summed E-state index contributed by atoms with van der Waals surface area (Å²) >= 11 is 5.89. The lowest BCUT2D eigenvalue weighted by atomic mass is 10.2. The van der Waals surface area contributed by atoms with Crippen molar-refractivity contribution in [1.82, 2.24) is 9.88 Å². The molecule has 1 amide bonds. The minimum atomic E-state index is -0.00176. The summed E-state index contributed by atoms with van der Waals surface area (Å²) in [5.74, 6) is -0.00176. The van der Waals surface area contributed by atoms with Crippen molar-refractivity contribution in [1.29, 1.82) is 0 Å². The van der Waals surface area contributed by atoms with Gasteiger partial charge in [0.15, 0.2) is 0 Å². The van der Waals surface area contributed by atoms with Crippen LogP contribution in [0.5, 0.6) is 0 Å². The summed E-state index contributed by atoms with van der Waals surface area (Å²) in [6.07, 6.45) is 3.74. The van der Waals surface area contributed by atoms with Gasteiger partial charge in [-0.1, -0.05) is 11.6 Å². The van der Waals surface area contributed by atoms with E-state index in [2.05, 4.69) is 11.9 Å². The van der Waals surface area contributed by atoms with Gasteiger partial charge in [0.2, 0.25) is 0 Å². The fraction of sp³-hybridized carbons (Fsp3) is 0.455. The Labute approximate surface area is 94.1 Å². The van der Waals surface area contributed by atoms with Gasteiger partial charge in [0.1, 0.15) is 5.15 Å². The maximum absolute atomic E-state index is 12.1. The molecule has 0 N–H and O–H groups in total. The van der Waals surface area contributed by atoms with Crippen molar-refractivity contribution >= 4 is 17.5 Å². The van der Waals surface area contributed by atoms with Gasteiger partial charge in [0.25, 0.3) is 5.91 Å². The molecule has 2 rings (SSSR count). The third-order valence-electron chi connectivity index (χ3n) is 2.80. The molecule has 0 unspecified atom stereocenters. The highest BCUT2D eigenvalue weighted by atomic mass is 35.5. The van der Waals surface area contributed by atoms with Crippen molar-refractivity contribution < 1.29 is 4.79 Å². The van der Waals surface area contributed by atoms with Crippen LogP contribution in [0.25, 0.3) is 0 Å². The van der Waals surface area contributed by atoms with Crippen molar-refractivity contribution in [3.8, 4) is 0 Å². The van der Waals surface area contributed by atoms with Crippen LogP contribution in [-0.4, -0.2) is 28.4 Å². The normalized spacial score (nSPS) is 20.7. The summed E-state index contributed by atoms with van der Waals surface area (Å²) < 4.78 is 0. The van der Waals surface area contributed by atoms with Gasteiger partial charge in [0, 0.05) is 18.8 Å². The standard InChI is InChI=1S/C11H13ClN2O/c1-8-4-3-7-14(8)11(15)9-5-2-6-13-10(9)12/h2,5-6,8H,3-4,7H2,1H3/t8-/m0/s1. The SMILES string of the molecule is C[C@H]1CCCN1C(=O)c1cccnc1Cl. The third kappa shape index (κ3) is 1.97. The number of pyridine rings is 1. The molecule has 3 nitrogen and oxygen atoms in total. The predicted octanol–water partition coefficient (Wildman–Crippen LogP) is 2.36. The van der Waals surface area contributed by atoms with Gasteiger partial charge in [-0.15, -0.1) is 0 Å². The highest BCUT2D eigenvalue weighted by molar-refractivity contribution is 6.32. The first kappa shape index (κ1) is 10.4. The zero-order chi connectivity index (χ0) is 10.8. The van der Waals surface area contributed by atoms with Crippen LogP contribution < -0.4 is 0 Å². The summed E-state index contributed by atoms with van der Waals surface area (Å²) in [7, 11) is 0. The molecule has 0 bridgehead atoms. The smallest absolute Gasteiger partial charge is 0.257 e. The molecule has 0 spiro atoms. The summed E-state index contributed by atoms with van der Waals surface area (Å²) in [5.41, 5.74) is 0.507. The topological polar surface area (TPSA) is 33.2 Å². The average Bonchev–Trinajstić information content (AvgIpc) is 2.64. The minimum Gasteiger partial charge on any atom is -0.336 e. The second-order valence-corrected chi connectivity index (χ2v) is 4.19. The second-order valence-electron chi connectivity index (χ2n) is 3.83. The van der Waals surface area contributed by atoms with Gasteiger partial charge in [-0.25, -0.2) is 4.98 Å². The lowest BCUT2D eigenvalue weighted by Crippen LogP contribution is -2.33. The van der Waals surface area contributed by atoms with Crippen molar-refractivity contribution in [2.45, 2.75) is 25.8 Å². The Hall–Kier alpha value is -1.09. The minimum absolute atomic E-state index is 0.00176. The van der Waals surface area contributed by atoms with Crippen molar-refractivity contribution in [2.24, 2.45) is 0 Å². The number of hydrogen-bond donors (Lipinski definition) is 0. The first-order valence-electron chi connectivity index (χ1n) is 5.11. The van der Waals surface area contributed by atoms with Crippen molar-refractivity contribution in [2.75, 3.05) is 6.54 Å². The monoisotopic (exact) mass is 224 g/mol. The van der Waals surface area contributed by atoms with Crippen LogP contribution in [-0.2, 0) is 0 Å². The Balaban J connectivity index is 2.24. The Morgan fingerprint density at radius 3 is 3.07 bits per heavy atom. The molecule has 0 saturated carbocycles. The molecule has 15 heavy (non-hydrogen) atoms. The zero-order valence-corrected chi connectivity index (χ0v) is 9.37. The van der Waals surface area contributed by atoms with Crippen molar-refractivity contribution in [3.63, 3.8) is 0 Å². The first-order chi connectivity index (χ1) is 7.20. The second kappa shape index (κ2) is 4.19. The highest BCUT2D eigenvalue weighted by Crippen LogP contribution is 2.21. The molecule has 1 fully saturated rings. The molecular formula is C11H13ClN2O. The summed E-state index contributed by atoms with van der Waals surface area (Å²) in [6, 6.07) is 3.77. The Morgan fingerprint density at radius 1 is 1.67 bits per heavy atom. The van der Waals surface area contributed by atoms with Crippen LogP contribution in [0.1, 0.15) is 30.1 Å². The van der Waals surface area contributed by atoms with E-state index in [0.29, 0.717) is 16.8 Å². The molecule has 1 aliphatic rings. The molecule has 4 heteroatoms. The van der Waals surface area contributed by atoms with E-state index in [4.69, 9.17) is 11.6 Å². The zero-order valence-electron chi connectivity index (χ0n) is 8.61. The number of nitrogens with zero attached hydrogens (tertiary/aromatic N) is 2. The molecular weight excluding hydrogens is 212 g/mol. The number of halogens is 1. The summed E-state index contributed by atoms with van der Waals surface area (Å²) in [5, 5.41) is 0.293. The van der Waals surface area contributed by atoms with E-state index in [-0.39, 0.29) is 5.91 Å². The van der Waals surface area contributed by atoms with Crippen LogP contribution in [0.4, 0.5) is 0 Å². The van der Waals surface area contributed by atoms with E-state index < -0.39 is 0 Å². The molecule has 0 radical (unpaired) electrons. The molecule has 1 aliphatic heterocycles. The van der Waals surface area contributed by atoms with Crippen LogP contribution in [0.15, 0.2) is 18.3 Å². The lowest BCUT2D eigenvalue weighted by Gasteiger charge is -2.21. The highest BCUT2D eigenvalue weighted by Gasteiger charge is 2.27. The van der Waals surface area contributed by atoms with Crippen LogP contribution in [0.3, 0.4) is 0 Å². The number of carbonyl (C=O) groups excluding carboxylic acids is 1. The Morgan fingerprint density at radius 2 is 2.47 bits per heavy atom.